The summed E-state index contributed by atoms with van der Waals surface area (Å²) in [4.78, 5) is 22.1. The molecule has 1 rings (SSSR count). The monoisotopic (exact) mass is 259 g/mol. The second kappa shape index (κ2) is 6.15. The zero-order valence-electron chi connectivity index (χ0n) is 11.2. The summed E-state index contributed by atoms with van der Waals surface area (Å²) < 4.78 is 15.9. The molecule has 0 aliphatic carbocycles. The van der Waals surface area contributed by atoms with Crippen LogP contribution in [0.2, 0.25) is 0 Å². The van der Waals surface area contributed by atoms with Crippen LogP contribution in [0.3, 0.4) is 0 Å². The normalized spacial score (nSPS) is 35.9. The highest BCUT2D eigenvalue weighted by atomic mass is 16.7. The van der Waals surface area contributed by atoms with E-state index >= 15 is 0 Å². The Morgan fingerprint density at radius 1 is 1.22 bits per heavy atom. The van der Waals surface area contributed by atoms with Crippen LogP contribution in [-0.4, -0.2) is 36.5 Å². The molecule has 1 heterocycles. The number of nitrogens with two attached hydrogens (primary N) is 1. The van der Waals surface area contributed by atoms with Gasteiger partial charge in [-0.15, -0.1) is 0 Å². The molecule has 0 bridgehead atoms. The number of ether oxygens (including phenoxy) is 3. The smallest absolute Gasteiger partial charge is 0.304 e. The van der Waals surface area contributed by atoms with Crippen molar-refractivity contribution in [3.8, 4) is 0 Å². The zero-order valence-corrected chi connectivity index (χ0v) is 11.2. The van der Waals surface area contributed by atoms with Crippen molar-refractivity contribution in [1.29, 1.82) is 0 Å². The molecule has 2 N–H and O–H groups in total. The van der Waals surface area contributed by atoms with Crippen molar-refractivity contribution in [2.45, 2.75) is 58.7 Å². The van der Waals surface area contributed by atoms with Crippen LogP contribution in [0.5, 0.6) is 0 Å². The first kappa shape index (κ1) is 14.9. The standard InChI is InChI=1S/C12H21NO5/c1-5-9-6(2)11(16-7(3)14)10(13)12(18-9)17-8(4)15/h6,9-12H,5,13H2,1-4H3/t6-,9-,10-,11+,12-/m1/s1. The van der Waals surface area contributed by atoms with Gasteiger partial charge in [-0.1, -0.05) is 13.8 Å². The first-order valence-corrected chi connectivity index (χ1v) is 6.12. The third-order valence-corrected chi connectivity index (χ3v) is 3.09. The van der Waals surface area contributed by atoms with Gasteiger partial charge in [0.25, 0.3) is 0 Å². The Labute approximate surface area is 107 Å². The lowest BCUT2D eigenvalue weighted by atomic mass is 9.88. The van der Waals surface area contributed by atoms with E-state index in [2.05, 4.69) is 0 Å². The van der Waals surface area contributed by atoms with E-state index in [0.29, 0.717) is 0 Å². The molecule has 0 spiro atoms. The fraction of sp³-hybridized carbons (Fsp3) is 0.833. The summed E-state index contributed by atoms with van der Waals surface area (Å²) >= 11 is 0. The molecular formula is C12H21NO5. The van der Waals surface area contributed by atoms with Gasteiger partial charge in [-0.05, 0) is 6.42 Å². The van der Waals surface area contributed by atoms with Crippen LogP contribution in [0, 0.1) is 5.92 Å². The molecule has 0 aromatic heterocycles. The summed E-state index contributed by atoms with van der Waals surface area (Å²) in [6, 6.07) is -0.671. The molecule has 6 heteroatoms. The van der Waals surface area contributed by atoms with Crippen LogP contribution in [0.4, 0.5) is 0 Å². The van der Waals surface area contributed by atoms with Crippen molar-refractivity contribution in [3.63, 3.8) is 0 Å². The van der Waals surface area contributed by atoms with Crippen LogP contribution in [0.25, 0.3) is 0 Å². The molecule has 0 aromatic carbocycles. The van der Waals surface area contributed by atoms with Crippen LogP contribution >= 0.6 is 0 Å². The summed E-state index contributed by atoms with van der Waals surface area (Å²) in [6.07, 6.45) is -0.805. The molecular weight excluding hydrogens is 238 g/mol. The molecule has 1 saturated heterocycles. The van der Waals surface area contributed by atoms with Crippen molar-refractivity contribution >= 4 is 11.9 Å². The quantitative estimate of drug-likeness (QED) is 0.746. The summed E-state index contributed by atoms with van der Waals surface area (Å²) in [5.41, 5.74) is 5.95. The fourth-order valence-electron chi connectivity index (χ4n) is 2.22. The molecule has 6 nitrogen and oxygen atoms in total. The molecule has 0 radical (unpaired) electrons. The Bertz CT molecular complexity index is 320. The first-order valence-electron chi connectivity index (χ1n) is 6.12. The topological polar surface area (TPSA) is 87.8 Å². The van der Waals surface area contributed by atoms with E-state index in [0.717, 1.165) is 6.42 Å². The molecule has 0 unspecified atom stereocenters. The van der Waals surface area contributed by atoms with Crippen molar-refractivity contribution < 1.29 is 23.8 Å². The van der Waals surface area contributed by atoms with Crippen molar-refractivity contribution in [2.24, 2.45) is 11.7 Å². The third-order valence-electron chi connectivity index (χ3n) is 3.09. The Morgan fingerprint density at radius 3 is 2.22 bits per heavy atom. The Morgan fingerprint density at radius 2 is 1.78 bits per heavy atom. The van der Waals surface area contributed by atoms with Crippen LogP contribution in [0.15, 0.2) is 0 Å². The van der Waals surface area contributed by atoms with Crippen LogP contribution in [0.1, 0.15) is 34.1 Å². The summed E-state index contributed by atoms with van der Waals surface area (Å²) in [6.45, 7) is 6.48. The van der Waals surface area contributed by atoms with Gasteiger partial charge in [-0.3, -0.25) is 9.59 Å². The van der Waals surface area contributed by atoms with Gasteiger partial charge in [-0.2, -0.15) is 0 Å². The SMILES string of the molecule is CC[C@H]1O[C@@H](OC(C)=O)[C@H](N)[C@@H](OC(C)=O)[C@@H]1C. The van der Waals surface area contributed by atoms with Gasteiger partial charge in [0.05, 0.1) is 6.10 Å². The average molecular weight is 259 g/mol. The number of esters is 2. The highest BCUT2D eigenvalue weighted by molar-refractivity contribution is 5.66. The number of hydrogen-bond acceptors (Lipinski definition) is 6. The minimum absolute atomic E-state index is 0.0410. The Kier molecular flexibility index (Phi) is 5.10. The second-order valence-corrected chi connectivity index (χ2v) is 4.57. The molecule has 18 heavy (non-hydrogen) atoms. The maximum absolute atomic E-state index is 11.1. The Balaban J connectivity index is 2.84. The lowest BCUT2D eigenvalue weighted by Crippen LogP contribution is -2.59. The minimum atomic E-state index is -0.868. The van der Waals surface area contributed by atoms with Crippen molar-refractivity contribution in [2.75, 3.05) is 0 Å². The highest BCUT2D eigenvalue weighted by Crippen LogP contribution is 2.29. The van der Waals surface area contributed by atoms with Gasteiger partial charge in [0, 0.05) is 19.8 Å². The van der Waals surface area contributed by atoms with E-state index in [1.54, 1.807) is 0 Å². The highest BCUT2D eigenvalue weighted by Gasteiger charge is 2.44. The van der Waals surface area contributed by atoms with Gasteiger partial charge in [0.15, 0.2) is 0 Å². The maximum atomic E-state index is 11.1. The van der Waals surface area contributed by atoms with E-state index in [4.69, 9.17) is 19.9 Å². The zero-order chi connectivity index (χ0) is 13.9. The van der Waals surface area contributed by atoms with Gasteiger partial charge in [-0.25, -0.2) is 0 Å². The fourth-order valence-corrected chi connectivity index (χ4v) is 2.22. The van der Waals surface area contributed by atoms with Crippen LogP contribution in [-0.2, 0) is 23.8 Å². The summed E-state index contributed by atoms with van der Waals surface area (Å²) in [5, 5.41) is 0. The third kappa shape index (κ3) is 3.43. The predicted octanol–water partition coefficient (Wildman–Crippen LogP) is 0.579. The van der Waals surface area contributed by atoms with Gasteiger partial charge < -0.3 is 19.9 Å². The number of carbonyl (C=O) groups excluding carboxylic acids is 2. The van der Waals surface area contributed by atoms with Crippen LogP contribution < -0.4 is 5.73 Å². The lowest BCUT2D eigenvalue weighted by molar-refractivity contribution is -0.242. The molecule has 0 saturated carbocycles. The number of carbonyl (C=O) groups is 2. The van der Waals surface area contributed by atoms with Gasteiger partial charge in [0.1, 0.15) is 12.1 Å². The van der Waals surface area contributed by atoms with E-state index in [1.807, 2.05) is 13.8 Å². The number of rotatable bonds is 3. The average Bonchev–Trinajstić information content (AvgIpc) is 2.27. The second-order valence-electron chi connectivity index (χ2n) is 4.57. The first-order chi connectivity index (χ1) is 8.36. The summed E-state index contributed by atoms with van der Waals surface area (Å²) in [5.74, 6) is -0.914. The van der Waals surface area contributed by atoms with E-state index in [-0.39, 0.29) is 12.0 Å². The molecule has 1 fully saturated rings. The van der Waals surface area contributed by atoms with Crippen molar-refractivity contribution in [3.05, 3.63) is 0 Å². The molecule has 1 aliphatic heterocycles. The predicted molar refractivity (Wildman–Crippen MR) is 63.4 cm³/mol. The van der Waals surface area contributed by atoms with Gasteiger partial charge >= 0.3 is 11.9 Å². The van der Waals surface area contributed by atoms with E-state index < -0.39 is 30.4 Å². The summed E-state index contributed by atoms with van der Waals surface area (Å²) in [7, 11) is 0. The molecule has 1 aliphatic rings. The molecule has 104 valence electrons. The lowest BCUT2D eigenvalue weighted by Gasteiger charge is -2.42. The van der Waals surface area contributed by atoms with Gasteiger partial charge in [0.2, 0.25) is 6.29 Å². The van der Waals surface area contributed by atoms with E-state index in [1.165, 1.54) is 13.8 Å². The largest absolute Gasteiger partial charge is 0.460 e. The maximum Gasteiger partial charge on any atom is 0.304 e. The molecule has 0 amide bonds. The molecule has 0 aromatic rings. The number of hydrogen-bond donors (Lipinski definition) is 1. The van der Waals surface area contributed by atoms with Crippen molar-refractivity contribution in [1.82, 2.24) is 0 Å². The minimum Gasteiger partial charge on any atom is -0.460 e. The van der Waals surface area contributed by atoms with E-state index in [9.17, 15) is 9.59 Å². The molecule has 5 atom stereocenters. The Hall–Kier alpha value is -1.14.